The fourth-order valence-corrected chi connectivity index (χ4v) is 11.5. The zero-order chi connectivity index (χ0) is 77.4. The summed E-state index contributed by atoms with van der Waals surface area (Å²) in [7, 11) is -10.0. The standard InChI is InChI=1S/C87H140O17P2/c1-5-9-13-17-21-25-29-33-36-38-40-42-45-49-52-56-60-64-68-72-85(90)98-78-83(104-87(92)74-70-66-62-58-54-50-46-43-41-39-37-34-30-26-22-18-14-10-6-2)80-102-106(95,96)100-76-81(88)75-99-105(93,94)101-79-82(103-86(91)73-69-65-61-57-53-47-32-28-24-20-16-12-8-4)77-97-84(89)71-67-63-59-55-51-48-44-35-31-27-23-19-15-11-7-3/h9-11,13-15,21-23,25-27,33-37,40-44,49,51-52,55,60,63-64,67,81-83,88H,5-8,12,16-20,24,28-32,38-39,45-48,50,53-54,56-59,61-62,65-66,68-80H2,1-4H3,(H,93,94)(H,95,96)/b13-9-,14-10-,15-11-,25-21-,26-22-,27-23-,36-33-,37-34-,42-40-,43-41-,44-35-,52-49-,55-51-,64-60-,67-63-. The van der Waals surface area contributed by atoms with Gasteiger partial charge < -0.3 is 33.8 Å². The summed E-state index contributed by atoms with van der Waals surface area (Å²) in [6, 6.07) is 0. The van der Waals surface area contributed by atoms with Crippen LogP contribution in [0, 0.1) is 0 Å². The highest BCUT2D eigenvalue weighted by Crippen LogP contribution is 2.45. The first kappa shape index (κ1) is 100. The largest absolute Gasteiger partial charge is 0.472 e. The summed E-state index contributed by atoms with van der Waals surface area (Å²) in [6.45, 7) is 4.30. The zero-order valence-corrected chi connectivity index (χ0v) is 67.3. The van der Waals surface area contributed by atoms with E-state index < -0.39 is 97.5 Å². The highest BCUT2D eigenvalue weighted by atomic mass is 31.2. The Balaban J connectivity index is 5.52. The summed E-state index contributed by atoms with van der Waals surface area (Å²) in [5.74, 6) is -2.45. The van der Waals surface area contributed by atoms with Crippen LogP contribution in [-0.2, 0) is 65.4 Å². The van der Waals surface area contributed by atoms with Crippen molar-refractivity contribution in [1.82, 2.24) is 0 Å². The SMILES string of the molecule is CC/C=C\C/C=C\C/C=C\C/C=C\C/C=C\C/C=C\CCC(=O)OCC(COP(=O)(O)OCC(O)COP(=O)(O)OCC(COC(=O)C/C=C\C/C=C\C/C=C\C/C=C\C/C=C\CC)OC(=O)CCCCCCCCCCCCCCC)OC(=O)CCCCCCCC/C=C\C/C=C\C/C=C\C/C=C\CC. The summed E-state index contributed by atoms with van der Waals surface area (Å²) in [5.41, 5.74) is 0. The van der Waals surface area contributed by atoms with Crippen LogP contribution in [0.1, 0.15) is 285 Å². The molecule has 106 heavy (non-hydrogen) atoms. The van der Waals surface area contributed by atoms with Gasteiger partial charge in [0, 0.05) is 19.3 Å². The quantitative estimate of drug-likeness (QED) is 0.0169. The van der Waals surface area contributed by atoms with Crippen molar-refractivity contribution < 1.29 is 80.2 Å². The normalized spacial score (nSPS) is 14.8. The van der Waals surface area contributed by atoms with Crippen LogP contribution in [-0.4, -0.2) is 96.7 Å². The van der Waals surface area contributed by atoms with Crippen LogP contribution in [0.4, 0.5) is 0 Å². The number of phosphoric acid groups is 2. The van der Waals surface area contributed by atoms with Crippen LogP contribution in [0.2, 0.25) is 0 Å². The molecule has 0 aliphatic heterocycles. The third-order valence-corrected chi connectivity index (χ3v) is 17.8. The summed E-state index contributed by atoms with van der Waals surface area (Å²) in [5, 5.41) is 10.6. The first-order valence-electron chi connectivity index (χ1n) is 40.0. The number of allylic oxidation sites excluding steroid dienone is 29. The van der Waals surface area contributed by atoms with Crippen LogP contribution in [0.3, 0.4) is 0 Å². The topological polar surface area (TPSA) is 237 Å². The number of hydrogen-bond donors (Lipinski definition) is 3. The highest BCUT2D eigenvalue weighted by Gasteiger charge is 2.30. The molecule has 0 bridgehead atoms. The highest BCUT2D eigenvalue weighted by molar-refractivity contribution is 7.47. The van der Waals surface area contributed by atoms with Crippen LogP contribution in [0.25, 0.3) is 0 Å². The lowest BCUT2D eigenvalue weighted by Crippen LogP contribution is -2.30. The van der Waals surface area contributed by atoms with Crippen molar-refractivity contribution in [2.45, 2.75) is 303 Å². The first-order valence-corrected chi connectivity index (χ1v) is 43.0. The van der Waals surface area contributed by atoms with Gasteiger partial charge in [-0.3, -0.25) is 37.3 Å². The smallest absolute Gasteiger partial charge is 0.462 e. The van der Waals surface area contributed by atoms with Crippen LogP contribution < -0.4 is 0 Å². The molecule has 5 atom stereocenters. The number of aliphatic hydroxyl groups is 1. The average Bonchev–Trinajstić information content (AvgIpc) is 0.903. The van der Waals surface area contributed by atoms with E-state index in [9.17, 15) is 43.2 Å². The van der Waals surface area contributed by atoms with Gasteiger partial charge in [-0.15, -0.1) is 0 Å². The lowest BCUT2D eigenvalue weighted by molar-refractivity contribution is -0.161. The van der Waals surface area contributed by atoms with Crippen molar-refractivity contribution in [2.24, 2.45) is 0 Å². The first-order chi connectivity index (χ1) is 51.7. The maximum absolute atomic E-state index is 13.1. The molecule has 0 aromatic rings. The van der Waals surface area contributed by atoms with Crippen molar-refractivity contribution in [2.75, 3.05) is 39.6 Å². The number of rotatable bonds is 73. The Labute approximate surface area is 641 Å². The van der Waals surface area contributed by atoms with Crippen molar-refractivity contribution in [3.05, 3.63) is 182 Å². The molecule has 0 aliphatic carbocycles. The van der Waals surface area contributed by atoms with Crippen molar-refractivity contribution in [1.29, 1.82) is 0 Å². The molecule has 0 saturated heterocycles. The summed E-state index contributed by atoms with van der Waals surface area (Å²) < 4.78 is 68.4. The third-order valence-electron chi connectivity index (χ3n) is 15.9. The average molecular weight is 1520 g/mol. The lowest BCUT2D eigenvalue weighted by atomic mass is 10.0. The van der Waals surface area contributed by atoms with Gasteiger partial charge in [0.05, 0.1) is 32.8 Å². The number of esters is 4. The molecule has 0 heterocycles. The number of unbranched alkanes of at least 4 members (excludes halogenated alkanes) is 18. The number of carbonyl (C=O) groups excluding carboxylic acids is 4. The van der Waals surface area contributed by atoms with Crippen LogP contribution in [0.15, 0.2) is 182 Å². The van der Waals surface area contributed by atoms with E-state index in [-0.39, 0.29) is 25.7 Å². The molecule has 0 fully saturated rings. The molecule has 17 nitrogen and oxygen atoms in total. The van der Waals surface area contributed by atoms with E-state index in [1.807, 2.05) is 36.5 Å². The van der Waals surface area contributed by atoms with Gasteiger partial charge in [0.2, 0.25) is 0 Å². The Kier molecular flexibility index (Phi) is 73.1. The van der Waals surface area contributed by atoms with Crippen molar-refractivity contribution in [3.63, 3.8) is 0 Å². The summed E-state index contributed by atoms with van der Waals surface area (Å²) in [4.78, 5) is 73.0. The van der Waals surface area contributed by atoms with E-state index >= 15 is 0 Å². The molecule has 0 radical (unpaired) electrons. The number of ether oxygens (including phenoxy) is 4. The van der Waals surface area contributed by atoms with Gasteiger partial charge in [0.1, 0.15) is 19.3 Å². The number of aliphatic hydroxyl groups excluding tert-OH is 1. The Morgan fingerprint density at radius 3 is 0.877 bits per heavy atom. The molecule has 0 aromatic carbocycles. The third kappa shape index (κ3) is 76.4. The minimum absolute atomic E-state index is 0.0243. The van der Waals surface area contributed by atoms with E-state index in [0.29, 0.717) is 32.1 Å². The van der Waals surface area contributed by atoms with Gasteiger partial charge in [-0.25, -0.2) is 9.13 Å². The molecule has 0 rings (SSSR count). The van der Waals surface area contributed by atoms with E-state index in [4.69, 9.17) is 37.0 Å². The molecule has 0 spiro atoms. The molecule has 0 aromatic heterocycles. The fraction of sp³-hybridized carbons (Fsp3) is 0.609. The Morgan fingerprint density at radius 2 is 0.547 bits per heavy atom. The predicted octanol–water partition coefficient (Wildman–Crippen LogP) is 23.6. The fourth-order valence-electron chi connectivity index (χ4n) is 9.96. The molecule has 0 aliphatic rings. The van der Waals surface area contributed by atoms with Gasteiger partial charge >= 0.3 is 39.5 Å². The van der Waals surface area contributed by atoms with E-state index in [1.165, 1.54) is 51.4 Å². The maximum atomic E-state index is 13.1. The van der Waals surface area contributed by atoms with E-state index in [1.54, 1.807) is 6.08 Å². The van der Waals surface area contributed by atoms with Gasteiger partial charge in [-0.05, 0) is 128 Å². The van der Waals surface area contributed by atoms with Gasteiger partial charge in [0.15, 0.2) is 12.2 Å². The predicted molar refractivity (Wildman–Crippen MR) is 436 cm³/mol. The second kappa shape index (κ2) is 77.3. The van der Waals surface area contributed by atoms with Gasteiger partial charge in [-0.2, -0.15) is 0 Å². The molecule has 600 valence electrons. The number of hydrogen-bond acceptors (Lipinski definition) is 15. The zero-order valence-electron chi connectivity index (χ0n) is 65.5. The molecule has 5 unspecified atom stereocenters. The van der Waals surface area contributed by atoms with Crippen molar-refractivity contribution >= 4 is 39.5 Å². The minimum atomic E-state index is -5.01. The minimum Gasteiger partial charge on any atom is -0.462 e. The molecular formula is C87H140O17P2. The molecular weight excluding hydrogens is 1380 g/mol. The van der Waals surface area contributed by atoms with E-state index in [0.717, 1.165) is 148 Å². The van der Waals surface area contributed by atoms with Crippen molar-refractivity contribution in [3.8, 4) is 0 Å². The molecule has 0 saturated carbocycles. The monoisotopic (exact) mass is 1520 g/mol. The molecule has 19 heteroatoms. The summed E-state index contributed by atoms with van der Waals surface area (Å²) >= 11 is 0. The van der Waals surface area contributed by atoms with Gasteiger partial charge in [0.25, 0.3) is 0 Å². The molecule has 0 amide bonds. The van der Waals surface area contributed by atoms with Gasteiger partial charge in [-0.1, -0.05) is 313 Å². The molecule has 3 N–H and O–H groups in total. The van der Waals surface area contributed by atoms with Crippen LogP contribution in [0.5, 0.6) is 0 Å². The summed E-state index contributed by atoms with van der Waals surface area (Å²) in [6.07, 6.45) is 93.4. The Hall–Kier alpha value is -5.84. The number of phosphoric ester groups is 2. The van der Waals surface area contributed by atoms with Crippen LogP contribution >= 0.6 is 15.6 Å². The second-order valence-electron chi connectivity index (χ2n) is 25.9. The number of carbonyl (C=O) groups is 4. The Morgan fingerprint density at radius 1 is 0.283 bits per heavy atom. The Bertz CT molecular complexity index is 2730. The second-order valence-corrected chi connectivity index (χ2v) is 28.8. The lowest BCUT2D eigenvalue weighted by Gasteiger charge is -2.21. The maximum Gasteiger partial charge on any atom is 0.472 e. The van der Waals surface area contributed by atoms with E-state index in [2.05, 4.69) is 167 Å².